The Balaban J connectivity index is 1.59. The second-order valence-electron chi connectivity index (χ2n) is 4.54. The Kier molecular flexibility index (Phi) is 4.15. The molecular formula is C14H13ClN6O. The smallest absolute Gasteiger partial charge is 0.269 e. The molecule has 22 heavy (non-hydrogen) atoms. The summed E-state index contributed by atoms with van der Waals surface area (Å²) in [5.74, 6) is 0.510. The number of hydrogen-bond acceptors (Lipinski definition) is 5. The van der Waals surface area contributed by atoms with E-state index in [1.54, 1.807) is 18.2 Å². The predicted molar refractivity (Wildman–Crippen MR) is 84.0 cm³/mol. The van der Waals surface area contributed by atoms with E-state index in [4.69, 9.17) is 11.6 Å². The van der Waals surface area contributed by atoms with Gasteiger partial charge in [0.05, 0.1) is 5.52 Å². The number of anilines is 1. The normalized spacial score (nSPS) is 10.6. The highest BCUT2D eigenvalue weighted by atomic mass is 35.5. The first-order valence-electron chi connectivity index (χ1n) is 6.66. The van der Waals surface area contributed by atoms with Gasteiger partial charge in [0.15, 0.2) is 0 Å². The molecule has 112 valence electrons. The Hall–Kier alpha value is -2.67. The zero-order valence-corrected chi connectivity index (χ0v) is 12.3. The van der Waals surface area contributed by atoms with E-state index >= 15 is 0 Å². The number of carbonyl (C=O) groups is 1. The minimum Gasteiger partial charge on any atom is -0.368 e. The van der Waals surface area contributed by atoms with Crippen LogP contribution in [0.15, 0.2) is 36.8 Å². The molecule has 0 unspecified atom stereocenters. The number of rotatable bonds is 5. The number of halogens is 1. The Morgan fingerprint density at radius 3 is 2.95 bits per heavy atom. The van der Waals surface area contributed by atoms with Crippen molar-refractivity contribution in [1.82, 2.24) is 25.5 Å². The molecule has 7 nitrogen and oxygen atoms in total. The van der Waals surface area contributed by atoms with Crippen molar-refractivity contribution < 1.29 is 4.79 Å². The molecule has 2 aromatic heterocycles. The standard InChI is InChI=1S/C14H13ClN6O/c15-9-1-2-10-12(7-9)18-8-19-13(10)16-5-6-17-14(22)11-3-4-20-21-11/h1-4,7-8H,5-6H2,(H,17,22)(H,20,21)(H,16,18,19). The lowest BCUT2D eigenvalue weighted by Gasteiger charge is -2.09. The van der Waals surface area contributed by atoms with Gasteiger partial charge in [-0.15, -0.1) is 0 Å². The summed E-state index contributed by atoms with van der Waals surface area (Å²) < 4.78 is 0. The van der Waals surface area contributed by atoms with E-state index in [-0.39, 0.29) is 5.91 Å². The van der Waals surface area contributed by atoms with Gasteiger partial charge in [0, 0.05) is 29.7 Å². The monoisotopic (exact) mass is 316 g/mol. The van der Waals surface area contributed by atoms with Gasteiger partial charge in [-0.2, -0.15) is 5.10 Å². The van der Waals surface area contributed by atoms with Gasteiger partial charge in [0.1, 0.15) is 17.8 Å². The maximum Gasteiger partial charge on any atom is 0.269 e. The van der Waals surface area contributed by atoms with Crippen LogP contribution in [0.1, 0.15) is 10.5 Å². The van der Waals surface area contributed by atoms with Crippen molar-refractivity contribution in [3.8, 4) is 0 Å². The molecule has 2 heterocycles. The number of amides is 1. The first kappa shape index (κ1) is 14.3. The van der Waals surface area contributed by atoms with Gasteiger partial charge < -0.3 is 10.6 Å². The lowest BCUT2D eigenvalue weighted by molar-refractivity contribution is 0.0950. The van der Waals surface area contributed by atoms with Gasteiger partial charge in [0.2, 0.25) is 0 Å². The Labute approximate surface area is 131 Å². The second-order valence-corrected chi connectivity index (χ2v) is 4.97. The van der Waals surface area contributed by atoms with Gasteiger partial charge in [-0.25, -0.2) is 9.97 Å². The van der Waals surface area contributed by atoms with E-state index < -0.39 is 0 Å². The van der Waals surface area contributed by atoms with E-state index in [0.717, 1.165) is 10.9 Å². The molecule has 3 rings (SSSR count). The Bertz CT molecular complexity index is 789. The number of H-pyrrole nitrogens is 1. The van der Waals surface area contributed by atoms with Crippen LogP contribution >= 0.6 is 11.6 Å². The summed E-state index contributed by atoms with van der Waals surface area (Å²) in [5, 5.41) is 13.8. The molecule has 0 saturated heterocycles. The van der Waals surface area contributed by atoms with Crippen molar-refractivity contribution in [2.24, 2.45) is 0 Å². The third-order valence-electron chi connectivity index (χ3n) is 3.05. The third kappa shape index (κ3) is 3.15. The lowest BCUT2D eigenvalue weighted by atomic mass is 10.2. The van der Waals surface area contributed by atoms with Gasteiger partial charge in [0.25, 0.3) is 5.91 Å². The first-order chi connectivity index (χ1) is 10.7. The van der Waals surface area contributed by atoms with Gasteiger partial charge in [-0.1, -0.05) is 11.6 Å². The maximum absolute atomic E-state index is 11.7. The van der Waals surface area contributed by atoms with Crippen molar-refractivity contribution in [3.63, 3.8) is 0 Å². The molecule has 3 aromatic rings. The SMILES string of the molecule is O=C(NCCNc1ncnc2cc(Cl)ccc12)c1ccn[nH]1. The zero-order valence-electron chi connectivity index (χ0n) is 11.5. The summed E-state index contributed by atoms with van der Waals surface area (Å²) in [6.07, 6.45) is 3.01. The van der Waals surface area contributed by atoms with Crippen LogP contribution in [0.2, 0.25) is 5.02 Å². The van der Waals surface area contributed by atoms with E-state index in [9.17, 15) is 4.79 Å². The van der Waals surface area contributed by atoms with Crippen molar-refractivity contribution in [2.75, 3.05) is 18.4 Å². The fraction of sp³-hybridized carbons (Fsp3) is 0.143. The van der Waals surface area contributed by atoms with Crippen molar-refractivity contribution in [3.05, 3.63) is 47.5 Å². The summed E-state index contributed by atoms with van der Waals surface area (Å²) >= 11 is 5.95. The third-order valence-corrected chi connectivity index (χ3v) is 3.28. The number of aromatic nitrogens is 4. The van der Waals surface area contributed by atoms with E-state index in [1.165, 1.54) is 12.5 Å². The lowest BCUT2D eigenvalue weighted by Crippen LogP contribution is -2.29. The summed E-state index contributed by atoms with van der Waals surface area (Å²) in [5.41, 5.74) is 1.20. The van der Waals surface area contributed by atoms with Crippen LogP contribution in [0.4, 0.5) is 5.82 Å². The molecular weight excluding hydrogens is 304 g/mol. The number of nitrogens with one attached hydrogen (secondary N) is 3. The highest BCUT2D eigenvalue weighted by molar-refractivity contribution is 6.31. The minimum atomic E-state index is -0.196. The highest BCUT2D eigenvalue weighted by Crippen LogP contribution is 2.22. The molecule has 0 fully saturated rings. The average Bonchev–Trinajstić information content (AvgIpc) is 3.05. The molecule has 3 N–H and O–H groups in total. The summed E-state index contributed by atoms with van der Waals surface area (Å²) in [4.78, 5) is 20.1. The molecule has 1 aromatic carbocycles. The molecule has 0 aliphatic rings. The molecule has 0 saturated carbocycles. The largest absolute Gasteiger partial charge is 0.368 e. The van der Waals surface area contributed by atoms with Gasteiger partial charge in [-0.3, -0.25) is 9.89 Å². The van der Waals surface area contributed by atoms with Crippen molar-refractivity contribution in [1.29, 1.82) is 0 Å². The summed E-state index contributed by atoms with van der Waals surface area (Å²) in [6.45, 7) is 0.992. The highest BCUT2D eigenvalue weighted by Gasteiger charge is 2.06. The quantitative estimate of drug-likeness (QED) is 0.624. The summed E-state index contributed by atoms with van der Waals surface area (Å²) in [6, 6.07) is 7.05. The van der Waals surface area contributed by atoms with Crippen LogP contribution < -0.4 is 10.6 Å². The molecule has 0 spiro atoms. The zero-order chi connectivity index (χ0) is 15.4. The topological polar surface area (TPSA) is 95.6 Å². The molecule has 1 amide bonds. The van der Waals surface area contributed by atoms with E-state index in [1.807, 2.05) is 6.07 Å². The van der Waals surface area contributed by atoms with Crippen LogP contribution in [0.25, 0.3) is 10.9 Å². The number of aromatic amines is 1. The fourth-order valence-electron chi connectivity index (χ4n) is 2.01. The van der Waals surface area contributed by atoms with Crippen LogP contribution in [0, 0.1) is 0 Å². The average molecular weight is 317 g/mol. The van der Waals surface area contributed by atoms with E-state index in [0.29, 0.717) is 29.6 Å². The molecule has 0 aliphatic carbocycles. The van der Waals surface area contributed by atoms with Crippen LogP contribution in [-0.2, 0) is 0 Å². The molecule has 0 radical (unpaired) electrons. The first-order valence-corrected chi connectivity index (χ1v) is 7.03. The van der Waals surface area contributed by atoms with Gasteiger partial charge in [-0.05, 0) is 24.3 Å². The van der Waals surface area contributed by atoms with Crippen molar-refractivity contribution in [2.45, 2.75) is 0 Å². The molecule has 0 aliphatic heterocycles. The Morgan fingerprint density at radius 2 is 2.14 bits per heavy atom. The Morgan fingerprint density at radius 1 is 1.23 bits per heavy atom. The number of benzene rings is 1. The van der Waals surface area contributed by atoms with Crippen LogP contribution in [-0.4, -0.2) is 39.2 Å². The number of carbonyl (C=O) groups excluding carboxylic acids is 1. The molecule has 8 heteroatoms. The molecule has 0 bridgehead atoms. The second kappa shape index (κ2) is 6.40. The predicted octanol–water partition coefficient (Wildman–Crippen LogP) is 1.85. The number of nitrogens with zero attached hydrogens (tertiary/aromatic N) is 3. The minimum absolute atomic E-state index is 0.196. The maximum atomic E-state index is 11.7. The number of hydrogen-bond donors (Lipinski definition) is 3. The summed E-state index contributed by atoms with van der Waals surface area (Å²) in [7, 11) is 0. The van der Waals surface area contributed by atoms with E-state index in [2.05, 4.69) is 30.8 Å². The van der Waals surface area contributed by atoms with Crippen LogP contribution in [0.5, 0.6) is 0 Å². The number of fused-ring (bicyclic) bond motifs is 1. The fourth-order valence-corrected chi connectivity index (χ4v) is 2.17. The van der Waals surface area contributed by atoms with Crippen LogP contribution in [0.3, 0.4) is 0 Å². The van der Waals surface area contributed by atoms with Gasteiger partial charge >= 0.3 is 0 Å². The van der Waals surface area contributed by atoms with Crippen molar-refractivity contribution >= 4 is 34.2 Å². The molecule has 0 atom stereocenters.